The van der Waals surface area contributed by atoms with E-state index in [-0.39, 0.29) is 12.0 Å². The monoisotopic (exact) mass is 388 g/mol. The molecule has 1 aliphatic rings. The molecular weight excluding hydrogens is 352 g/mol. The highest BCUT2D eigenvalue weighted by Gasteiger charge is 2.14. The number of rotatable bonds is 10. The smallest absolute Gasteiger partial charge is 0.243 e. The Hall–Kier alpha value is -2.01. The fraction of sp³-hybridized carbons (Fsp3) is 0.609. The molecular formula is C23H36N2O3. The fourth-order valence-electron chi connectivity index (χ4n) is 3.33. The molecule has 1 saturated heterocycles. The van der Waals surface area contributed by atoms with Crippen molar-refractivity contribution in [2.75, 3.05) is 33.3 Å². The van der Waals surface area contributed by atoms with Gasteiger partial charge in [0.25, 0.3) is 0 Å². The van der Waals surface area contributed by atoms with Gasteiger partial charge in [-0.3, -0.25) is 4.79 Å². The molecule has 2 rings (SSSR count). The highest BCUT2D eigenvalue weighted by atomic mass is 16.5. The summed E-state index contributed by atoms with van der Waals surface area (Å²) in [5.74, 6) is 2.19. The number of benzene rings is 1. The number of piperidine rings is 1. The van der Waals surface area contributed by atoms with Gasteiger partial charge in [0.1, 0.15) is 0 Å². The lowest BCUT2D eigenvalue weighted by Gasteiger charge is -2.30. The Kier molecular flexibility index (Phi) is 9.35. The maximum absolute atomic E-state index is 12.0. The summed E-state index contributed by atoms with van der Waals surface area (Å²) in [6.45, 7) is 10.6. The predicted molar refractivity (Wildman–Crippen MR) is 115 cm³/mol. The Bertz CT molecular complexity index is 635. The largest absolute Gasteiger partial charge is 0.493 e. The van der Waals surface area contributed by atoms with Gasteiger partial charge in [0.2, 0.25) is 5.91 Å². The van der Waals surface area contributed by atoms with E-state index in [2.05, 4.69) is 17.1 Å². The summed E-state index contributed by atoms with van der Waals surface area (Å²) in [7, 11) is 1.62. The van der Waals surface area contributed by atoms with Gasteiger partial charge in [-0.1, -0.05) is 13.0 Å². The third kappa shape index (κ3) is 7.93. The van der Waals surface area contributed by atoms with Gasteiger partial charge in [0, 0.05) is 12.6 Å². The second-order valence-electron chi connectivity index (χ2n) is 7.93. The molecule has 1 amide bonds. The quantitative estimate of drug-likeness (QED) is 0.484. The van der Waals surface area contributed by atoms with Crippen LogP contribution >= 0.6 is 0 Å². The van der Waals surface area contributed by atoms with E-state index in [0.29, 0.717) is 11.5 Å². The average molecular weight is 389 g/mol. The van der Waals surface area contributed by atoms with Crippen molar-refractivity contribution in [3.63, 3.8) is 0 Å². The van der Waals surface area contributed by atoms with Gasteiger partial charge in [-0.05, 0) is 88.9 Å². The van der Waals surface area contributed by atoms with E-state index in [4.69, 9.17) is 9.47 Å². The first-order valence-corrected chi connectivity index (χ1v) is 10.5. The molecule has 156 valence electrons. The number of nitrogens with one attached hydrogen (secondary N) is 1. The van der Waals surface area contributed by atoms with Crippen LogP contribution < -0.4 is 14.8 Å². The van der Waals surface area contributed by atoms with Crippen molar-refractivity contribution in [2.45, 2.75) is 52.6 Å². The Balaban J connectivity index is 1.68. The van der Waals surface area contributed by atoms with Crippen LogP contribution in [0, 0.1) is 5.92 Å². The van der Waals surface area contributed by atoms with Crippen molar-refractivity contribution in [3.8, 4) is 11.5 Å². The number of methoxy groups -OCH3 is 1. The third-order valence-electron chi connectivity index (χ3n) is 5.05. The molecule has 0 radical (unpaired) electrons. The van der Waals surface area contributed by atoms with Crippen LogP contribution in [0.3, 0.4) is 0 Å². The predicted octanol–water partition coefficient (Wildman–Crippen LogP) is 4.12. The molecule has 1 heterocycles. The number of nitrogens with zero attached hydrogens (tertiary/aromatic N) is 1. The minimum absolute atomic E-state index is 0.0618. The lowest BCUT2D eigenvalue weighted by Crippen LogP contribution is -2.34. The zero-order chi connectivity index (χ0) is 20.4. The van der Waals surface area contributed by atoms with E-state index < -0.39 is 0 Å². The molecule has 0 saturated carbocycles. The highest BCUT2D eigenvalue weighted by Crippen LogP contribution is 2.29. The number of hydrogen-bond acceptors (Lipinski definition) is 4. The molecule has 1 aromatic rings. The summed E-state index contributed by atoms with van der Waals surface area (Å²) in [5.41, 5.74) is 0.905. The van der Waals surface area contributed by atoms with E-state index >= 15 is 0 Å². The maximum atomic E-state index is 12.0. The number of unbranched alkanes of at least 4 members (excludes halogenated alkanes) is 1. The summed E-state index contributed by atoms with van der Waals surface area (Å²) in [5, 5.41) is 2.96. The van der Waals surface area contributed by atoms with Crippen molar-refractivity contribution in [1.29, 1.82) is 0 Å². The van der Waals surface area contributed by atoms with Gasteiger partial charge in [0.15, 0.2) is 11.5 Å². The number of carbonyl (C=O) groups excluding carboxylic acids is 1. The van der Waals surface area contributed by atoms with Gasteiger partial charge in [-0.15, -0.1) is 0 Å². The summed E-state index contributed by atoms with van der Waals surface area (Å²) in [6.07, 6.45) is 8.23. The van der Waals surface area contributed by atoms with Gasteiger partial charge in [-0.25, -0.2) is 0 Å². The molecule has 0 aliphatic carbocycles. The van der Waals surface area contributed by atoms with Gasteiger partial charge in [-0.2, -0.15) is 0 Å². The summed E-state index contributed by atoms with van der Waals surface area (Å²) in [6, 6.07) is 5.67. The van der Waals surface area contributed by atoms with Crippen molar-refractivity contribution in [2.24, 2.45) is 5.92 Å². The van der Waals surface area contributed by atoms with Crippen LogP contribution in [0.1, 0.15) is 52.0 Å². The molecule has 0 bridgehead atoms. The number of ether oxygens (including phenoxy) is 2. The second kappa shape index (κ2) is 11.7. The average Bonchev–Trinajstić information content (AvgIpc) is 2.68. The first-order chi connectivity index (χ1) is 13.5. The lowest BCUT2D eigenvalue weighted by atomic mass is 9.99. The third-order valence-corrected chi connectivity index (χ3v) is 5.05. The molecule has 1 aromatic carbocycles. The molecule has 28 heavy (non-hydrogen) atoms. The van der Waals surface area contributed by atoms with Crippen molar-refractivity contribution in [1.82, 2.24) is 10.2 Å². The van der Waals surface area contributed by atoms with E-state index in [1.54, 1.807) is 19.3 Å². The van der Waals surface area contributed by atoms with Crippen LogP contribution in [0.2, 0.25) is 0 Å². The van der Waals surface area contributed by atoms with Crippen LogP contribution in [0.15, 0.2) is 24.3 Å². The minimum atomic E-state index is -0.0618. The molecule has 0 aromatic heterocycles. The van der Waals surface area contributed by atoms with Gasteiger partial charge >= 0.3 is 0 Å². The van der Waals surface area contributed by atoms with Crippen LogP contribution in [-0.4, -0.2) is 50.2 Å². The minimum Gasteiger partial charge on any atom is -0.493 e. The Morgan fingerprint density at radius 2 is 2.00 bits per heavy atom. The number of amides is 1. The highest BCUT2D eigenvalue weighted by molar-refractivity contribution is 5.91. The normalized spacial score (nSPS) is 15.9. The molecule has 0 unspecified atom stereocenters. The Morgan fingerprint density at radius 3 is 2.68 bits per heavy atom. The summed E-state index contributed by atoms with van der Waals surface area (Å²) in [4.78, 5) is 14.6. The standard InChI is InChI=1S/C23H36N2O3/c1-18(2)28-21-9-7-20(17-22(21)27-4)8-10-23(26)24-13-5-6-14-25-15-11-19(3)12-16-25/h7-10,17-19H,5-6,11-16H2,1-4H3,(H,24,26)/b10-8+. The van der Waals surface area contributed by atoms with Crippen molar-refractivity contribution in [3.05, 3.63) is 29.8 Å². The van der Waals surface area contributed by atoms with Gasteiger partial charge in [0.05, 0.1) is 13.2 Å². The van der Waals surface area contributed by atoms with Crippen LogP contribution in [0.5, 0.6) is 11.5 Å². The summed E-state index contributed by atoms with van der Waals surface area (Å²) < 4.78 is 11.1. The van der Waals surface area contributed by atoms with E-state index in [9.17, 15) is 4.79 Å². The zero-order valence-corrected chi connectivity index (χ0v) is 17.9. The molecule has 0 atom stereocenters. The Labute approximate surface area is 170 Å². The van der Waals surface area contributed by atoms with Crippen LogP contribution in [0.4, 0.5) is 0 Å². The van der Waals surface area contributed by atoms with Gasteiger partial charge < -0.3 is 19.7 Å². The fourth-order valence-corrected chi connectivity index (χ4v) is 3.33. The molecule has 1 fully saturated rings. The topological polar surface area (TPSA) is 50.8 Å². The maximum Gasteiger partial charge on any atom is 0.243 e. The zero-order valence-electron chi connectivity index (χ0n) is 17.9. The molecule has 1 N–H and O–H groups in total. The number of likely N-dealkylation sites (tertiary alicyclic amines) is 1. The SMILES string of the molecule is COc1cc(/C=C/C(=O)NCCCCN2CCC(C)CC2)ccc1OC(C)C. The number of hydrogen-bond donors (Lipinski definition) is 1. The molecule has 5 nitrogen and oxygen atoms in total. The van der Waals surface area contributed by atoms with Crippen LogP contribution in [0.25, 0.3) is 6.08 Å². The molecule has 1 aliphatic heterocycles. The Morgan fingerprint density at radius 1 is 1.25 bits per heavy atom. The van der Waals surface area contributed by atoms with E-state index in [0.717, 1.165) is 37.4 Å². The molecule has 5 heteroatoms. The van der Waals surface area contributed by atoms with E-state index in [1.165, 1.54) is 25.9 Å². The second-order valence-corrected chi connectivity index (χ2v) is 7.93. The van der Waals surface area contributed by atoms with E-state index in [1.807, 2.05) is 32.0 Å². The summed E-state index contributed by atoms with van der Waals surface area (Å²) >= 11 is 0. The number of carbonyl (C=O) groups is 1. The van der Waals surface area contributed by atoms with Crippen molar-refractivity contribution >= 4 is 12.0 Å². The lowest BCUT2D eigenvalue weighted by molar-refractivity contribution is -0.116. The first kappa shape index (κ1) is 22.3. The van der Waals surface area contributed by atoms with Crippen LogP contribution in [-0.2, 0) is 4.79 Å². The first-order valence-electron chi connectivity index (χ1n) is 10.5. The molecule has 0 spiro atoms. The van der Waals surface area contributed by atoms with Crippen molar-refractivity contribution < 1.29 is 14.3 Å².